The number of thioether (sulfide) groups is 1. The summed E-state index contributed by atoms with van der Waals surface area (Å²) in [7, 11) is 0. The number of benzene rings is 1. The molecule has 5 rings (SSSR count). The Labute approximate surface area is 198 Å². The molecule has 34 heavy (non-hydrogen) atoms. The summed E-state index contributed by atoms with van der Waals surface area (Å²) in [5, 5.41) is 8.08. The van der Waals surface area contributed by atoms with Gasteiger partial charge in [0.1, 0.15) is 5.82 Å². The number of nitrogens with one attached hydrogen (secondary N) is 2. The average molecular weight is 476 g/mol. The first kappa shape index (κ1) is 21.8. The van der Waals surface area contributed by atoms with Crippen LogP contribution >= 0.6 is 11.8 Å². The highest BCUT2D eigenvalue weighted by molar-refractivity contribution is 7.99. The van der Waals surface area contributed by atoms with Crippen molar-refractivity contribution >= 4 is 23.5 Å². The van der Waals surface area contributed by atoms with Crippen LogP contribution in [0.25, 0.3) is 17.2 Å². The standard InChI is InChI=1S/C23H21N7O3S/c1-13-8-19(31)27-22(24-13)30-18(11-17(28-30)15-6-4-3-5-7-15)26-20(32)10-16-12-34-23-25-14(2)9-21(33)29(16)23/h3-9,11,16H,10,12H2,1-2H3,(H,26,32)(H,24,27,31). The van der Waals surface area contributed by atoms with Gasteiger partial charge in [-0.25, -0.2) is 9.97 Å². The van der Waals surface area contributed by atoms with Gasteiger partial charge in [0, 0.05) is 47.3 Å². The van der Waals surface area contributed by atoms with Crippen LogP contribution in [0.4, 0.5) is 5.82 Å². The zero-order chi connectivity index (χ0) is 23.8. The Morgan fingerprint density at radius 1 is 1.12 bits per heavy atom. The zero-order valence-corrected chi connectivity index (χ0v) is 19.3. The normalized spacial score (nSPS) is 14.7. The number of hydrogen-bond acceptors (Lipinski definition) is 7. The summed E-state index contributed by atoms with van der Waals surface area (Å²) in [5.41, 5.74) is 2.15. The van der Waals surface area contributed by atoms with E-state index in [4.69, 9.17) is 0 Å². The van der Waals surface area contributed by atoms with Gasteiger partial charge in [-0.3, -0.25) is 23.9 Å². The number of nitrogens with zero attached hydrogens (tertiary/aromatic N) is 5. The second kappa shape index (κ2) is 8.75. The summed E-state index contributed by atoms with van der Waals surface area (Å²) < 4.78 is 2.98. The number of anilines is 1. The van der Waals surface area contributed by atoms with Crippen LogP contribution in [0, 0.1) is 13.8 Å². The minimum atomic E-state index is -0.321. The third-order valence-electron chi connectivity index (χ3n) is 5.34. The van der Waals surface area contributed by atoms with Crippen LogP contribution in [-0.4, -0.2) is 41.0 Å². The predicted molar refractivity (Wildman–Crippen MR) is 128 cm³/mol. The molecule has 172 valence electrons. The zero-order valence-electron chi connectivity index (χ0n) is 18.5. The van der Waals surface area contributed by atoms with E-state index in [1.54, 1.807) is 24.5 Å². The molecule has 0 radical (unpaired) electrons. The summed E-state index contributed by atoms with van der Waals surface area (Å²) in [6.07, 6.45) is 0.0915. The summed E-state index contributed by atoms with van der Waals surface area (Å²) in [5.74, 6) is 0.847. The number of carbonyl (C=O) groups is 1. The number of H-pyrrole nitrogens is 1. The minimum absolute atomic E-state index is 0.0915. The van der Waals surface area contributed by atoms with Gasteiger partial charge in [-0.15, -0.1) is 0 Å². The largest absolute Gasteiger partial charge is 0.310 e. The van der Waals surface area contributed by atoms with Crippen molar-refractivity contribution in [3.8, 4) is 17.2 Å². The van der Waals surface area contributed by atoms with Crippen molar-refractivity contribution in [3.63, 3.8) is 0 Å². The SMILES string of the molecule is Cc1cc(=O)[nH]c(-n2nc(-c3ccccc3)cc2NC(=O)CC2CSc3nc(C)cc(=O)n32)n1. The molecule has 4 heterocycles. The first-order valence-corrected chi connectivity index (χ1v) is 11.6. The maximum absolute atomic E-state index is 13.0. The Morgan fingerprint density at radius 2 is 1.88 bits per heavy atom. The number of aromatic amines is 1. The van der Waals surface area contributed by atoms with Crippen molar-refractivity contribution in [3.05, 3.63) is 80.6 Å². The average Bonchev–Trinajstić information content (AvgIpc) is 3.38. The fraction of sp³-hybridized carbons (Fsp3) is 0.217. The van der Waals surface area contributed by atoms with Gasteiger partial charge in [-0.2, -0.15) is 9.78 Å². The molecule has 0 saturated heterocycles. The summed E-state index contributed by atoms with van der Waals surface area (Å²) >= 11 is 1.46. The predicted octanol–water partition coefficient (Wildman–Crippen LogP) is 2.47. The Hall–Kier alpha value is -3.99. The highest BCUT2D eigenvalue weighted by Crippen LogP contribution is 2.32. The summed E-state index contributed by atoms with van der Waals surface area (Å²) in [6, 6.07) is 13.8. The van der Waals surface area contributed by atoms with Crippen LogP contribution < -0.4 is 16.4 Å². The number of fused-ring (bicyclic) bond motifs is 1. The van der Waals surface area contributed by atoms with Crippen molar-refractivity contribution in [2.45, 2.75) is 31.5 Å². The molecule has 4 aromatic rings. The van der Waals surface area contributed by atoms with Gasteiger partial charge in [0.15, 0.2) is 5.16 Å². The lowest BCUT2D eigenvalue weighted by Crippen LogP contribution is -2.28. The van der Waals surface area contributed by atoms with Crippen LogP contribution in [0.15, 0.2) is 63.3 Å². The van der Waals surface area contributed by atoms with E-state index >= 15 is 0 Å². The molecule has 1 unspecified atom stereocenters. The molecule has 1 aromatic carbocycles. The number of aromatic nitrogens is 6. The Bertz CT molecular complexity index is 1510. The molecular weight excluding hydrogens is 454 g/mol. The minimum Gasteiger partial charge on any atom is -0.310 e. The van der Waals surface area contributed by atoms with Gasteiger partial charge in [-0.05, 0) is 13.8 Å². The first-order chi connectivity index (χ1) is 16.4. The molecule has 1 aliphatic heterocycles. The van der Waals surface area contributed by atoms with Crippen molar-refractivity contribution in [2.75, 3.05) is 11.1 Å². The summed E-state index contributed by atoms with van der Waals surface area (Å²) in [6.45, 7) is 3.49. The van der Waals surface area contributed by atoms with E-state index < -0.39 is 0 Å². The van der Waals surface area contributed by atoms with Crippen LogP contribution in [0.1, 0.15) is 23.9 Å². The number of carbonyl (C=O) groups excluding carboxylic acids is 1. The maximum Gasteiger partial charge on any atom is 0.254 e. The van der Waals surface area contributed by atoms with Crippen molar-refractivity contribution in [1.29, 1.82) is 0 Å². The fourth-order valence-corrected chi connectivity index (χ4v) is 5.06. The molecule has 0 bridgehead atoms. The molecule has 1 aliphatic rings. The van der Waals surface area contributed by atoms with Crippen molar-refractivity contribution in [1.82, 2.24) is 29.3 Å². The Balaban J connectivity index is 1.46. The lowest BCUT2D eigenvalue weighted by molar-refractivity contribution is -0.116. The van der Waals surface area contributed by atoms with Gasteiger partial charge in [-0.1, -0.05) is 42.1 Å². The number of amides is 1. The molecule has 3 aromatic heterocycles. The lowest BCUT2D eigenvalue weighted by Gasteiger charge is -2.13. The van der Waals surface area contributed by atoms with E-state index in [1.165, 1.54) is 28.6 Å². The van der Waals surface area contributed by atoms with E-state index in [1.807, 2.05) is 30.3 Å². The van der Waals surface area contributed by atoms with E-state index in [2.05, 4.69) is 25.4 Å². The number of aryl methyl sites for hydroxylation is 2. The Kier molecular flexibility index (Phi) is 5.62. The smallest absolute Gasteiger partial charge is 0.254 e. The molecule has 0 fully saturated rings. The highest BCUT2D eigenvalue weighted by Gasteiger charge is 2.28. The van der Waals surface area contributed by atoms with Gasteiger partial charge < -0.3 is 5.32 Å². The quantitative estimate of drug-likeness (QED) is 0.425. The molecule has 1 amide bonds. The van der Waals surface area contributed by atoms with E-state index in [-0.39, 0.29) is 35.4 Å². The second-order valence-corrected chi connectivity index (χ2v) is 9.00. The maximum atomic E-state index is 13.0. The second-order valence-electron chi connectivity index (χ2n) is 8.01. The van der Waals surface area contributed by atoms with Gasteiger partial charge in [0.05, 0.1) is 11.7 Å². The molecule has 0 saturated carbocycles. The third kappa shape index (κ3) is 4.29. The van der Waals surface area contributed by atoms with Gasteiger partial charge >= 0.3 is 0 Å². The summed E-state index contributed by atoms with van der Waals surface area (Å²) in [4.78, 5) is 49.0. The molecule has 2 N–H and O–H groups in total. The fourth-order valence-electron chi connectivity index (χ4n) is 3.87. The molecular formula is C23H21N7O3S. The third-order valence-corrected chi connectivity index (χ3v) is 6.44. The van der Waals surface area contributed by atoms with Crippen LogP contribution in [-0.2, 0) is 4.79 Å². The molecule has 10 nitrogen and oxygen atoms in total. The van der Waals surface area contributed by atoms with E-state index in [9.17, 15) is 14.4 Å². The monoisotopic (exact) mass is 475 g/mol. The molecule has 0 spiro atoms. The topological polar surface area (TPSA) is 128 Å². The van der Waals surface area contributed by atoms with Crippen LogP contribution in [0.5, 0.6) is 0 Å². The van der Waals surface area contributed by atoms with Crippen molar-refractivity contribution in [2.24, 2.45) is 0 Å². The molecule has 0 aliphatic carbocycles. The lowest BCUT2D eigenvalue weighted by atomic mass is 10.1. The Morgan fingerprint density at radius 3 is 2.65 bits per heavy atom. The van der Waals surface area contributed by atoms with E-state index in [0.29, 0.717) is 33.8 Å². The highest BCUT2D eigenvalue weighted by atomic mass is 32.2. The van der Waals surface area contributed by atoms with Gasteiger partial charge in [0.2, 0.25) is 11.9 Å². The van der Waals surface area contributed by atoms with E-state index in [0.717, 1.165) is 5.56 Å². The first-order valence-electron chi connectivity index (χ1n) is 10.6. The van der Waals surface area contributed by atoms with Crippen molar-refractivity contribution < 1.29 is 4.79 Å². The van der Waals surface area contributed by atoms with Gasteiger partial charge in [0.25, 0.3) is 11.1 Å². The van der Waals surface area contributed by atoms with Crippen LogP contribution in [0.3, 0.4) is 0 Å². The number of rotatable bonds is 5. The molecule has 1 atom stereocenters. The van der Waals surface area contributed by atoms with Crippen LogP contribution in [0.2, 0.25) is 0 Å². The molecule has 11 heteroatoms. The number of hydrogen-bond donors (Lipinski definition) is 2.